The molecule has 0 aromatic heterocycles. The van der Waals surface area contributed by atoms with Gasteiger partial charge in [0.1, 0.15) is 0 Å². The number of benzene rings is 1. The van der Waals surface area contributed by atoms with Gasteiger partial charge < -0.3 is 15.4 Å². The van der Waals surface area contributed by atoms with Gasteiger partial charge in [-0.1, -0.05) is 18.2 Å². The molecule has 1 aromatic rings. The number of para-hydroxylation sites is 1. The summed E-state index contributed by atoms with van der Waals surface area (Å²) in [6, 6.07) is 7.70. The fourth-order valence-electron chi connectivity index (χ4n) is 2.39. The Morgan fingerprint density at radius 2 is 2.26 bits per heavy atom. The van der Waals surface area contributed by atoms with Gasteiger partial charge >= 0.3 is 0 Å². The Bertz CT molecular complexity index is 428. The van der Waals surface area contributed by atoms with Gasteiger partial charge in [0.25, 0.3) is 0 Å². The van der Waals surface area contributed by atoms with Gasteiger partial charge in [-0.3, -0.25) is 4.79 Å². The van der Waals surface area contributed by atoms with Gasteiger partial charge in [-0.05, 0) is 30.9 Å². The number of nitrogen functional groups attached to an aromatic ring is 1. The molecule has 0 bridgehead atoms. The van der Waals surface area contributed by atoms with E-state index in [0.29, 0.717) is 19.4 Å². The predicted molar refractivity (Wildman–Crippen MR) is 75.8 cm³/mol. The molecular weight excluding hydrogens is 240 g/mol. The number of carbonyl (C=O) groups excluding carboxylic acids is 1. The monoisotopic (exact) mass is 262 g/mol. The Morgan fingerprint density at radius 1 is 1.47 bits per heavy atom. The summed E-state index contributed by atoms with van der Waals surface area (Å²) < 4.78 is 5.54. The van der Waals surface area contributed by atoms with Crippen LogP contribution < -0.4 is 5.73 Å². The van der Waals surface area contributed by atoms with Crippen LogP contribution in [0.5, 0.6) is 0 Å². The molecule has 1 atom stereocenters. The molecule has 1 saturated heterocycles. The van der Waals surface area contributed by atoms with E-state index in [1.54, 1.807) is 4.90 Å². The molecule has 1 fully saturated rings. The van der Waals surface area contributed by atoms with Crippen LogP contribution in [0.4, 0.5) is 5.69 Å². The van der Waals surface area contributed by atoms with Crippen molar-refractivity contribution in [1.29, 1.82) is 0 Å². The molecule has 2 rings (SSSR count). The molecular formula is C15H22N2O2. The number of anilines is 1. The zero-order valence-corrected chi connectivity index (χ0v) is 11.5. The van der Waals surface area contributed by atoms with Crippen molar-refractivity contribution in [3.8, 4) is 0 Å². The molecule has 1 aliphatic heterocycles. The first-order chi connectivity index (χ1) is 9.16. The van der Waals surface area contributed by atoms with Gasteiger partial charge in [-0.2, -0.15) is 0 Å². The van der Waals surface area contributed by atoms with Gasteiger partial charge in [0.05, 0.1) is 6.10 Å². The molecule has 104 valence electrons. The largest absolute Gasteiger partial charge is 0.399 e. The smallest absolute Gasteiger partial charge is 0.222 e. The minimum absolute atomic E-state index is 0.152. The lowest BCUT2D eigenvalue weighted by Gasteiger charge is -2.21. The van der Waals surface area contributed by atoms with Crippen LogP contribution in [0, 0.1) is 0 Å². The highest BCUT2D eigenvalue weighted by Gasteiger charge is 2.19. The summed E-state index contributed by atoms with van der Waals surface area (Å²) in [5.74, 6) is 0.152. The molecule has 4 nitrogen and oxygen atoms in total. The fourth-order valence-corrected chi connectivity index (χ4v) is 2.39. The number of amides is 1. The zero-order chi connectivity index (χ0) is 13.7. The van der Waals surface area contributed by atoms with Crippen molar-refractivity contribution >= 4 is 11.6 Å². The van der Waals surface area contributed by atoms with Gasteiger partial charge in [-0.15, -0.1) is 0 Å². The molecule has 1 aliphatic rings. The van der Waals surface area contributed by atoms with Crippen molar-refractivity contribution in [1.82, 2.24) is 4.90 Å². The molecule has 0 spiro atoms. The third-order valence-corrected chi connectivity index (χ3v) is 3.59. The lowest BCUT2D eigenvalue weighted by atomic mass is 10.1. The van der Waals surface area contributed by atoms with E-state index in [-0.39, 0.29) is 12.0 Å². The summed E-state index contributed by atoms with van der Waals surface area (Å²) in [7, 11) is 1.85. The maximum absolute atomic E-state index is 12.0. The lowest BCUT2D eigenvalue weighted by molar-refractivity contribution is -0.131. The minimum atomic E-state index is 0.152. The number of nitrogens with two attached hydrogens (primary N) is 1. The third-order valence-electron chi connectivity index (χ3n) is 3.59. The number of aryl methyl sites for hydroxylation is 1. The van der Waals surface area contributed by atoms with Crippen LogP contribution >= 0.6 is 0 Å². The lowest BCUT2D eigenvalue weighted by Crippen LogP contribution is -2.34. The maximum atomic E-state index is 12.0. The Hall–Kier alpha value is -1.55. The molecule has 0 aliphatic carbocycles. The van der Waals surface area contributed by atoms with Crippen molar-refractivity contribution in [2.75, 3.05) is 25.9 Å². The van der Waals surface area contributed by atoms with E-state index < -0.39 is 0 Å². The van der Waals surface area contributed by atoms with Gasteiger partial charge in [-0.25, -0.2) is 0 Å². The Kier molecular flexibility index (Phi) is 4.80. The summed E-state index contributed by atoms with van der Waals surface area (Å²) in [6.45, 7) is 1.52. The summed E-state index contributed by atoms with van der Waals surface area (Å²) in [5, 5.41) is 0. The highest BCUT2D eigenvalue weighted by atomic mass is 16.5. The number of hydrogen-bond donors (Lipinski definition) is 1. The number of likely N-dealkylation sites (N-methyl/N-ethyl adjacent to an activating group) is 1. The second kappa shape index (κ2) is 6.57. The van der Waals surface area contributed by atoms with Crippen molar-refractivity contribution in [3.05, 3.63) is 29.8 Å². The van der Waals surface area contributed by atoms with E-state index in [2.05, 4.69) is 0 Å². The molecule has 1 amide bonds. The van der Waals surface area contributed by atoms with E-state index in [0.717, 1.165) is 30.7 Å². The average Bonchev–Trinajstić information content (AvgIpc) is 2.90. The minimum Gasteiger partial charge on any atom is -0.399 e. The first kappa shape index (κ1) is 13.9. The summed E-state index contributed by atoms with van der Waals surface area (Å²) in [4.78, 5) is 13.8. The molecule has 1 aromatic carbocycles. The second-order valence-corrected chi connectivity index (χ2v) is 5.11. The van der Waals surface area contributed by atoms with Crippen LogP contribution in [-0.2, 0) is 16.0 Å². The van der Waals surface area contributed by atoms with E-state index in [1.165, 1.54) is 0 Å². The number of nitrogens with zero attached hydrogens (tertiary/aromatic N) is 1. The van der Waals surface area contributed by atoms with Gasteiger partial charge in [0, 0.05) is 32.3 Å². The molecule has 1 unspecified atom stereocenters. The first-order valence-electron chi connectivity index (χ1n) is 6.86. The highest BCUT2D eigenvalue weighted by Crippen LogP contribution is 2.15. The number of rotatable bonds is 5. The van der Waals surface area contributed by atoms with E-state index in [9.17, 15) is 4.79 Å². The Morgan fingerprint density at radius 3 is 2.95 bits per heavy atom. The van der Waals surface area contributed by atoms with Crippen LogP contribution in [0.3, 0.4) is 0 Å². The summed E-state index contributed by atoms with van der Waals surface area (Å²) in [5.41, 5.74) is 7.67. The number of carbonyl (C=O) groups is 1. The maximum Gasteiger partial charge on any atom is 0.222 e. The Labute approximate surface area is 114 Å². The van der Waals surface area contributed by atoms with E-state index >= 15 is 0 Å². The van der Waals surface area contributed by atoms with E-state index in [1.807, 2.05) is 31.3 Å². The van der Waals surface area contributed by atoms with Gasteiger partial charge in [0.2, 0.25) is 5.91 Å². The molecule has 4 heteroatoms. The number of hydrogen-bond acceptors (Lipinski definition) is 3. The van der Waals surface area contributed by atoms with Crippen LogP contribution in [0.15, 0.2) is 24.3 Å². The normalized spacial score (nSPS) is 18.5. The Balaban J connectivity index is 1.78. The second-order valence-electron chi connectivity index (χ2n) is 5.11. The van der Waals surface area contributed by atoms with E-state index in [4.69, 9.17) is 10.5 Å². The first-order valence-corrected chi connectivity index (χ1v) is 6.86. The quantitative estimate of drug-likeness (QED) is 0.824. The van der Waals surface area contributed by atoms with Crippen molar-refractivity contribution in [2.45, 2.75) is 31.8 Å². The standard InChI is InChI=1S/C15H22N2O2/c1-17(11-13-6-4-10-19-13)15(18)9-8-12-5-2-3-7-14(12)16/h2-3,5,7,13H,4,6,8-11,16H2,1H3. The molecule has 1 heterocycles. The molecule has 19 heavy (non-hydrogen) atoms. The SMILES string of the molecule is CN(CC1CCCO1)C(=O)CCc1ccccc1N. The molecule has 0 saturated carbocycles. The summed E-state index contributed by atoms with van der Waals surface area (Å²) >= 11 is 0. The third kappa shape index (κ3) is 3.96. The topological polar surface area (TPSA) is 55.6 Å². The molecule has 2 N–H and O–H groups in total. The van der Waals surface area contributed by atoms with Crippen molar-refractivity contribution in [2.24, 2.45) is 0 Å². The van der Waals surface area contributed by atoms with Crippen molar-refractivity contribution < 1.29 is 9.53 Å². The van der Waals surface area contributed by atoms with Crippen LogP contribution in [0.2, 0.25) is 0 Å². The van der Waals surface area contributed by atoms with Crippen LogP contribution in [0.25, 0.3) is 0 Å². The summed E-state index contributed by atoms with van der Waals surface area (Å²) in [6.07, 6.45) is 3.57. The number of ether oxygens (including phenoxy) is 1. The van der Waals surface area contributed by atoms with Crippen LogP contribution in [-0.4, -0.2) is 37.1 Å². The van der Waals surface area contributed by atoms with Gasteiger partial charge in [0.15, 0.2) is 0 Å². The van der Waals surface area contributed by atoms with Crippen molar-refractivity contribution in [3.63, 3.8) is 0 Å². The fraction of sp³-hybridized carbons (Fsp3) is 0.533. The molecule has 0 radical (unpaired) electrons. The average molecular weight is 262 g/mol. The predicted octanol–water partition coefficient (Wildman–Crippen LogP) is 1.84. The van der Waals surface area contributed by atoms with Crippen LogP contribution in [0.1, 0.15) is 24.8 Å². The zero-order valence-electron chi connectivity index (χ0n) is 11.5. The highest BCUT2D eigenvalue weighted by molar-refractivity contribution is 5.76.